The number of carbonyl (C=O) groups is 1. The fraction of sp³-hybridized carbons (Fsp3) is 0.857. The quantitative estimate of drug-likeness (QED) is 0.511. The number of hydrogen-bond donors (Lipinski definition) is 0. The van der Waals surface area contributed by atoms with E-state index in [0.29, 0.717) is 19.7 Å². The Balaban J connectivity index is 1.76. The van der Waals surface area contributed by atoms with Gasteiger partial charge >= 0.3 is 6.09 Å². The van der Waals surface area contributed by atoms with Crippen LogP contribution in [0.15, 0.2) is 0 Å². The molecule has 0 radical (unpaired) electrons. The van der Waals surface area contributed by atoms with Crippen LogP contribution in [0, 0.1) is 0 Å². The van der Waals surface area contributed by atoms with E-state index in [1.807, 2.05) is 0 Å². The van der Waals surface area contributed by atoms with Crippen LogP contribution in [0.25, 0.3) is 0 Å². The summed E-state index contributed by atoms with van der Waals surface area (Å²) in [5.41, 5.74) is 0.0484. The lowest BCUT2D eigenvalue weighted by molar-refractivity contribution is 0.0389. The van der Waals surface area contributed by atoms with E-state index in [2.05, 4.69) is 0 Å². The molecule has 0 aromatic rings. The molecular formula is C7H11NO3. The highest BCUT2D eigenvalue weighted by molar-refractivity contribution is 5.69. The number of rotatable bonds is 1. The molecule has 2 aliphatic heterocycles. The molecule has 62 valence electrons. The Kier molecular flexibility index (Phi) is 1.32. The summed E-state index contributed by atoms with van der Waals surface area (Å²) in [7, 11) is 0. The largest absolute Gasteiger partial charge is 0.450 e. The molecular weight excluding hydrogens is 146 g/mol. The van der Waals surface area contributed by atoms with Crippen LogP contribution in [-0.4, -0.2) is 42.9 Å². The van der Waals surface area contributed by atoms with Crippen LogP contribution < -0.4 is 0 Å². The zero-order chi connectivity index (χ0) is 7.90. The van der Waals surface area contributed by atoms with E-state index in [1.165, 1.54) is 0 Å². The van der Waals surface area contributed by atoms with Gasteiger partial charge in [-0.2, -0.15) is 0 Å². The Morgan fingerprint density at radius 1 is 1.73 bits per heavy atom. The van der Waals surface area contributed by atoms with Crippen molar-refractivity contribution in [3.8, 4) is 0 Å². The maximum atomic E-state index is 11.0. The van der Waals surface area contributed by atoms with Crippen molar-refractivity contribution in [2.75, 3.05) is 26.3 Å². The van der Waals surface area contributed by atoms with Crippen molar-refractivity contribution < 1.29 is 14.3 Å². The molecule has 4 nitrogen and oxygen atoms in total. The lowest BCUT2D eigenvalue weighted by Crippen LogP contribution is -2.56. The van der Waals surface area contributed by atoms with Crippen molar-refractivity contribution >= 4 is 6.09 Å². The van der Waals surface area contributed by atoms with Crippen LogP contribution in [-0.2, 0) is 9.47 Å². The molecule has 0 aliphatic carbocycles. The zero-order valence-electron chi connectivity index (χ0n) is 6.50. The summed E-state index contributed by atoms with van der Waals surface area (Å²) in [6.07, 6.45) is -0.214. The van der Waals surface area contributed by atoms with Gasteiger partial charge in [-0.3, -0.25) is 0 Å². The van der Waals surface area contributed by atoms with E-state index in [4.69, 9.17) is 9.47 Å². The Bertz CT molecular complexity index is 180. The summed E-state index contributed by atoms with van der Waals surface area (Å²) < 4.78 is 9.94. The van der Waals surface area contributed by atoms with Gasteiger partial charge in [0, 0.05) is 0 Å². The third kappa shape index (κ3) is 1.07. The number of carbonyl (C=O) groups excluding carboxylic acids is 1. The molecule has 1 amide bonds. The second-order valence-electron chi connectivity index (χ2n) is 3.03. The number of epoxide rings is 1. The minimum Gasteiger partial charge on any atom is -0.450 e. The van der Waals surface area contributed by atoms with E-state index in [0.717, 1.165) is 6.61 Å². The van der Waals surface area contributed by atoms with Gasteiger partial charge in [-0.1, -0.05) is 0 Å². The Morgan fingerprint density at radius 2 is 2.36 bits per heavy atom. The van der Waals surface area contributed by atoms with Crippen molar-refractivity contribution in [1.29, 1.82) is 0 Å². The van der Waals surface area contributed by atoms with Gasteiger partial charge in [0.1, 0.15) is 5.60 Å². The van der Waals surface area contributed by atoms with Crippen molar-refractivity contribution in [2.45, 2.75) is 12.5 Å². The normalized spacial score (nSPS) is 24.6. The molecule has 11 heavy (non-hydrogen) atoms. The summed E-state index contributed by atoms with van der Waals surface area (Å²) in [6.45, 7) is 4.49. The maximum Gasteiger partial charge on any atom is 0.409 e. The van der Waals surface area contributed by atoms with Crippen molar-refractivity contribution in [2.24, 2.45) is 0 Å². The van der Waals surface area contributed by atoms with Crippen molar-refractivity contribution in [1.82, 2.24) is 4.90 Å². The minimum absolute atomic E-state index is 0.0484. The average molecular weight is 157 g/mol. The average Bonchev–Trinajstić information content (AvgIpc) is 2.62. The van der Waals surface area contributed by atoms with Crippen LogP contribution in [0.4, 0.5) is 4.79 Å². The SMILES string of the molecule is CCOC(=O)N1CC2(CO2)C1. The lowest BCUT2D eigenvalue weighted by atomic mass is 10.0. The molecule has 2 saturated heterocycles. The van der Waals surface area contributed by atoms with Crippen molar-refractivity contribution in [3.63, 3.8) is 0 Å². The van der Waals surface area contributed by atoms with Gasteiger partial charge in [-0.25, -0.2) is 4.79 Å². The van der Waals surface area contributed by atoms with E-state index in [-0.39, 0.29) is 11.7 Å². The van der Waals surface area contributed by atoms with E-state index >= 15 is 0 Å². The molecule has 1 spiro atoms. The summed E-state index contributed by atoms with van der Waals surface area (Å²) >= 11 is 0. The molecule has 0 aromatic heterocycles. The Hall–Kier alpha value is -0.770. The number of likely N-dealkylation sites (tertiary alicyclic amines) is 1. The summed E-state index contributed by atoms with van der Waals surface area (Å²) in [6, 6.07) is 0. The monoisotopic (exact) mass is 157 g/mol. The highest BCUT2D eigenvalue weighted by atomic mass is 16.6. The van der Waals surface area contributed by atoms with Gasteiger partial charge in [0.2, 0.25) is 0 Å². The van der Waals surface area contributed by atoms with Crippen LogP contribution in [0.2, 0.25) is 0 Å². The number of ether oxygens (including phenoxy) is 2. The highest BCUT2D eigenvalue weighted by Gasteiger charge is 2.56. The first-order chi connectivity index (χ1) is 5.26. The Morgan fingerprint density at radius 3 is 2.82 bits per heavy atom. The molecule has 0 N–H and O–H groups in total. The molecule has 2 fully saturated rings. The van der Waals surface area contributed by atoms with Crippen LogP contribution in [0.3, 0.4) is 0 Å². The molecule has 2 rings (SSSR count). The molecule has 0 bridgehead atoms. The summed E-state index contributed by atoms with van der Waals surface area (Å²) in [4.78, 5) is 12.7. The molecule has 0 aromatic carbocycles. The molecule has 0 atom stereocenters. The van der Waals surface area contributed by atoms with Gasteiger partial charge in [0.25, 0.3) is 0 Å². The summed E-state index contributed by atoms with van der Waals surface area (Å²) in [5.74, 6) is 0. The fourth-order valence-corrected chi connectivity index (χ4v) is 1.28. The molecule has 2 heterocycles. The maximum absolute atomic E-state index is 11.0. The minimum atomic E-state index is -0.214. The van der Waals surface area contributed by atoms with Gasteiger partial charge in [-0.15, -0.1) is 0 Å². The first-order valence-electron chi connectivity index (χ1n) is 3.81. The molecule has 0 unspecified atom stereocenters. The van der Waals surface area contributed by atoms with Crippen LogP contribution in [0.1, 0.15) is 6.92 Å². The van der Waals surface area contributed by atoms with E-state index in [1.54, 1.807) is 11.8 Å². The smallest absolute Gasteiger partial charge is 0.409 e. The van der Waals surface area contributed by atoms with Gasteiger partial charge < -0.3 is 14.4 Å². The van der Waals surface area contributed by atoms with Crippen molar-refractivity contribution in [3.05, 3.63) is 0 Å². The predicted octanol–water partition coefficient (Wildman–Crippen LogP) is 0.228. The van der Waals surface area contributed by atoms with Gasteiger partial charge in [0.05, 0.1) is 26.3 Å². The predicted molar refractivity (Wildman–Crippen MR) is 37.3 cm³/mol. The van der Waals surface area contributed by atoms with Gasteiger partial charge in [0.15, 0.2) is 0 Å². The highest BCUT2D eigenvalue weighted by Crippen LogP contribution is 2.36. The third-order valence-corrected chi connectivity index (χ3v) is 2.04. The molecule has 2 aliphatic rings. The van der Waals surface area contributed by atoms with Crippen LogP contribution >= 0.6 is 0 Å². The lowest BCUT2D eigenvalue weighted by Gasteiger charge is -2.35. The fourth-order valence-electron chi connectivity index (χ4n) is 1.28. The number of nitrogens with zero attached hydrogens (tertiary/aromatic N) is 1. The zero-order valence-corrected chi connectivity index (χ0v) is 6.50. The molecule has 4 heteroatoms. The first kappa shape index (κ1) is 6.91. The van der Waals surface area contributed by atoms with Crippen LogP contribution in [0.5, 0.6) is 0 Å². The number of amides is 1. The Labute approximate surface area is 65.1 Å². The topological polar surface area (TPSA) is 42.1 Å². The standard InChI is InChI=1S/C7H11NO3/c1-2-10-6(9)8-3-7(4-8)5-11-7/h2-5H2,1H3. The first-order valence-corrected chi connectivity index (χ1v) is 3.81. The second-order valence-corrected chi connectivity index (χ2v) is 3.03. The summed E-state index contributed by atoms with van der Waals surface area (Å²) in [5, 5.41) is 0. The molecule has 0 saturated carbocycles. The number of hydrogen-bond acceptors (Lipinski definition) is 3. The third-order valence-electron chi connectivity index (χ3n) is 2.04. The van der Waals surface area contributed by atoms with E-state index in [9.17, 15) is 4.79 Å². The van der Waals surface area contributed by atoms with E-state index < -0.39 is 0 Å². The second kappa shape index (κ2) is 2.11. The van der Waals surface area contributed by atoms with Gasteiger partial charge in [-0.05, 0) is 6.92 Å².